The van der Waals surface area contributed by atoms with Crippen molar-refractivity contribution in [1.82, 2.24) is 24.8 Å². The number of amides is 2. The highest BCUT2D eigenvalue weighted by Crippen LogP contribution is 2.40. The second-order valence-electron chi connectivity index (χ2n) is 14.2. The van der Waals surface area contributed by atoms with Crippen LogP contribution in [0.5, 0.6) is 5.75 Å². The lowest BCUT2D eigenvalue weighted by molar-refractivity contribution is -0.120. The van der Waals surface area contributed by atoms with Crippen LogP contribution in [-0.2, 0) is 24.3 Å². The summed E-state index contributed by atoms with van der Waals surface area (Å²) in [5.41, 5.74) is 3.77. The van der Waals surface area contributed by atoms with E-state index in [-0.39, 0.29) is 35.0 Å². The Kier molecular flexibility index (Phi) is 9.50. The van der Waals surface area contributed by atoms with Crippen LogP contribution in [0.1, 0.15) is 83.6 Å². The molecule has 0 spiro atoms. The Morgan fingerprint density at radius 3 is 2.62 bits per heavy atom. The summed E-state index contributed by atoms with van der Waals surface area (Å²) >= 11 is 0. The number of Topliss-reactive ketones (excluding diaryl/α,β-unsaturated/α-hetero) is 1. The number of pyridine rings is 1. The van der Waals surface area contributed by atoms with E-state index >= 15 is 0 Å². The average Bonchev–Trinajstić information content (AvgIpc) is 3.54. The van der Waals surface area contributed by atoms with E-state index < -0.39 is 17.5 Å². The number of nitrogens with one attached hydrogen (secondary N) is 1. The number of phenols is 1. The van der Waals surface area contributed by atoms with Gasteiger partial charge in [-0.15, -0.1) is 0 Å². The number of benzene rings is 2. The van der Waals surface area contributed by atoms with Crippen molar-refractivity contribution >= 4 is 29.1 Å². The van der Waals surface area contributed by atoms with Crippen molar-refractivity contribution in [3.63, 3.8) is 0 Å². The Bertz CT molecular complexity index is 1910. The molecule has 1 aliphatic carbocycles. The van der Waals surface area contributed by atoms with Crippen molar-refractivity contribution < 1.29 is 23.9 Å². The van der Waals surface area contributed by atoms with Gasteiger partial charge in [0.25, 0.3) is 5.91 Å². The summed E-state index contributed by atoms with van der Waals surface area (Å²) in [5.74, 6) is -0.917. The van der Waals surface area contributed by atoms with Crippen LogP contribution in [-0.4, -0.2) is 62.3 Å². The summed E-state index contributed by atoms with van der Waals surface area (Å²) in [7, 11) is 3.90. The molecule has 1 unspecified atom stereocenters. The van der Waals surface area contributed by atoms with Gasteiger partial charge in [-0.1, -0.05) is 18.2 Å². The Balaban J connectivity index is 1.05. The Morgan fingerprint density at radius 1 is 1.02 bits per heavy atom. The number of rotatable bonds is 9. The molecule has 2 aromatic carbocycles. The first-order valence-corrected chi connectivity index (χ1v) is 17.6. The molecule has 260 valence electrons. The summed E-state index contributed by atoms with van der Waals surface area (Å²) in [6.45, 7) is 1.50. The molecule has 10 nitrogen and oxygen atoms in total. The topological polar surface area (TPSA) is 121 Å². The van der Waals surface area contributed by atoms with Crippen LogP contribution in [0.25, 0.3) is 11.1 Å². The number of hydrogen-bond acceptors (Lipinski definition) is 7. The smallest absolute Gasteiger partial charge is 0.271 e. The van der Waals surface area contributed by atoms with Gasteiger partial charge in [-0.2, -0.15) is 0 Å². The predicted octanol–water partition coefficient (Wildman–Crippen LogP) is 6.43. The first-order chi connectivity index (χ1) is 24.1. The third-order valence-corrected chi connectivity index (χ3v) is 10.3. The molecule has 1 saturated carbocycles. The second kappa shape index (κ2) is 14.1. The van der Waals surface area contributed by atoms with E-state index in [1.165, 1.54) is 11.0 Å². The van der Waals surface area contributed by atoms with Crippen LogP contribution < -0.4 is 10.2 Å². The zero-order chi connectivity index (χ0) is 34.9. The van der Waals surface area contributed by atoms with Crippen LogP contribution in [0, 0.1) is 17.7 Å². The molecule has 3 aliphatic rings. The first kappa shape index (κ1) is 33.6. The lowest BCUT2D eigenvalue weighted by Crippen LogP contribution is -2.43. The number of aryl methyl sites for hydroxylation is 2. The number of anilines is 2. The number of carbonyl (C=O) groups is 3. The number of carbonyl (C=O) groups excluding carboxylic acids is 3. The standard InChI is InChI=1S/C39H43FN6O4/c1-44(2)22-26-19-30(47)14-16-31(26)25-6-5-7-29(18-25)46-37-33(20-27(40)21-41-37)36(48)32(39(46)50)15-11-24-9-12-28(13-10-24)42-38(49)34-23-45-17-4-3-8-35(45)43-34/h5-7,14,16,18-21,23-24,28,32,47H,3-4,8-13,15,17,22H2,1-2H3,(H,42,49). The number of halogens is 1. The van der Waals surface area contributed by atoms with E-state index in [4.69, 9.17) is 0 Å². The molecule has 50 heavy (non-hydrogen) atoms. The van der Waals surface area contributed by atoms with E-state index in [9.17, 15) is 23.9 Å². The maximum absolute atomic E-state index is 14.5. The fourth-order valence-corrected chi connectivity index (χ4v) is 7.78. The van der Waals surface area contributed by atoms with Crippen molar-refractivity contribution in [3.8, 4) is 16.9 Å². The van der Waals surface area contributed by atoms with Gasteiger partial charge in [0, 0.05) is 31.7 Å². The lowest BCUT2D eigenvalue weighted by Gasteiger charge is -2.34. The summed E-state index contributed by atoms with van der Waals surface area (Å²) in [6, 6.07) is 13.9. The summed E-state index contributed by atoms with van der Waals surface area (Å²) in [4.78, 5) is 53.2. The number of nitrogens with zero attached hydrogens (tertiary/aromatic N) is 5. The van der Waals surface area contributed by atoms with Crippen molar-refractivity contribution in [3.05, 3.63) is 89.4 Å². The minimum atomic E-state index is -0.961. The highest BCUT2D eigenvalue weighted by Gasteiger charge is 2.41. The number of hydrogen-bond donors (Lipinski definition) is 2. The molecule has 0 bridgehead atoms. The molecule has 4 heterocycles. The van der Waals surface area contributed by atoms with Crippen LogP contribution in [0.3, 0.4) is 0 Å². The minimum absolute atomic E-state index is 0.0611. The molecule has 2 amide bonds. The Hall–Kier alpha value is -4.90. The second-order valence-corrected chi connectivity index (χ2v) is 14.2. The largest absolute Gasteiger partial charge is 0.508 e. The van der Waals surface area contributed by atoms with Crippen molar-refractivity contribution in [2.75, 3.05) is 19.0 Å². The van der Waals surface area contributed by atoms with Gasteiger partial charge >= 0.3 is 0 Å². The number of imidazole rings is 1. The third kappa shape index (κ3) is 6.92. The van der Waals surface area contributed by atoms with E-state index in [1.807, 2.05) is 49.5 Å². The quantitative estimate of drug-likeness (QED) is 0.196. The van der Waals surface area contributed by atoms with Gasteiger partial charge in [-0.05, 0) is 118 Å². The van der Waals surface area contributed by atoms with Crippen molar-refractivity contribution in [2.24, 2.45) is 11.8 Å². The zero-order valence-electron chi connectivity index (χ0n) is 28.6. The number of aromatic hydroxyl groups is 1. The van der Waals surface area contributed by atoms with E-state index in [1.54, 1.807) is 18.2 Å². The monoisotopic (exact) mass is 678 g/mol. The molecular weight excluding hydrogens is 635 g/mol. The first-order valence-electron chi connectivity index (χ1n) is 17.6. The van der Waals surface area contributed by atoms with E-state index in [0.717, 1.165) is 80.2 Å². The third-order valence-electron chi connectivity index (χ3n) is 10.3. The van der Waals surface area contributed by atoms with E-state index in [2.05, 4.69) is 19.9 Å². The van der Waals surface area contributed by atoms with Gasteiger partial charge in [-0.3, -0.25) is 19.3 Å². The molecule has 2 aliphatic heterocycles. The van der Waals surface area contributed by atoms with Gasteiger partial charge in [0.1, 0.15) is 29.0 Å². The van der Waals surface area contributed by atoms with Crippen LogP contribution in [0.2, 0.25) is 0 Å². The average molecular weight is 679 g/mol. The van der Waals surface area contributed by atoms with Gasteiger partial charge in [0.15, 0.2) is 11.6 Å². The molecule has 4 aromatic rings. The van der Waals surface area contributed by atoms with Gasteiger partial charge in [0.2, 0.25) is 5.91 Å². The van der Waals surface area contributed by atoms with Crippen molar-refractivity contribution in [1.29, 1.82) is 0 Å². The SMILES string of the molecule is CN(C)Cc1cc(O)ccc1-c1cccc(N2C(=O)C(CCC3CCC(NC(=O)c4cn5c(n4)CCCC5)CC3)C(=O)c3cc(F)cnc32)c1. The summed E-state index contributed by atoms with van der Waals surface area (Å²) in [5, 5.41) is 13.3. The Morgan fingerprint density at radius 2 is 1.84 bits per heavy atom. The minimum Gasteiger partial charge on any atom is -0.508 e. The van der Waals surface area contributed by atoms with Crippen LogP contribution >= 0.6 is 0 Å². The highest BCUT2D eigenvalue weighted by molar-refractivity contribution is 6.23. The van der Waals surface area contributed by atoms with E-state index in [0.29, 0.717) is 36.7 Å². The molecule has 1 atom stereocenters. The van der Waals surface area contributed by atoms with Crippen molar-refractivity contribution in [2.45, 2.75) is 76.9 Å². The summed E-state index contributed by atoms with van der Waals surface area (Å²) in [6.07, 6.45) is 10.4. The lowest BCUT2D eigenvalue weighted by atomic mass is 9.79. The highest BCUT2D eigenvalue weighted by atomic mass is 19.1. The molecule has 0 saturated heterocycles. The normalized spacial score (nSPS) is 20.5. The number of phenolic OH excluding ortho intramolecular Hbond substituents is 1. The molecular formula is C39H43FN6O4. The fourth-order valence-electron chi connectivity index (χ4n) is 7.78. The number of fused-ring (bicyclic) bond motifs is 2. The van der Waals surface area contributed by atoms with Crippen LogP contribution in [0.15, 0.2) is 60.9 Å². The fraction of sp³-hybridized carbons (Fsp3) is 0.410. The van der Waals surface area contributed by atoms with Gasteiger partial charge in [0.05, 0.1) is 17.4 Å². The Labute approximate surface area is 291 Å². The summed E-state index contributed by atoms with van der Waals surface area (Å²) < 4.78 is 16.6. The maximum Gasteiger partial charge on any atom is 0.271 e. The van der Waals surface area contributed by atoms with Crippen LogP contribution in [0.4, 0.5) is 15.9 Å². The molecule has 11 heteroatoms. The van der Waals surface area contributed by atoms with Gasteiger partial charge < -0.3 is 19.9 Å². The number of ketones is 1. The zero-order valence-corrected chi connectivity index (χ0v) is 28.6. The molecule has 2 aromatic heterocycles. The predicted molar refractivity (Wildman–Crippen MR) is 188 cm³/mol. The maximum atomic E-state index is 14.5. The number of aromatic nitrogens is 3. The van der Waals surface area contributed by atoms with Gasteiger partial charge in [-0.25, -0.2) is 14.4 Å². The molecule has 1 fully saturated rings. The molecule has 0 radical (unpaired) electrons. The molecule has 7 rings (SSSR count). The molecule has 2 N–H and O–H groups in total.